The molecule has 254 valence electrons. The minimum Gasteiger partial charge on any atom is -0.428 e. The lowest BCUT2D eigenvalue weighted by Gasteiger charge is -2.30. The molecule has 1 aliphatic rings. The molecule has 1 aliphatic heterocycles. The summed E-state index contributed by atoms with van der Waals surface area (Å²) >= 11 is 0. The maximum absolute atomic E-state index is 13.9. The highest BCUT2D eigenvalue weighted by molar-refractivity contribution is 6.02. The highest BCUT2D eigenvalue weighted by Crippen LogP contribution is 2.36. The zero-order valence-electron chi connectivity index (χ0n) is 27.2. The van der Waals surface area contributed by atoms with Gasteiger partial charge in [-0.15, -0.1) is 0 Å². The molecule has 3 aromatic carbocycles. The van der Waals surface area contributed by atoms with Gasteiger partial charge in [0.25, 0.3) is 0 Å². The van der Waals surface area contributed by atoms with Crippen LogP contribution in [-0.4, -0.2) is 47.2 Å². The first-order valence-electron chi connectivity index (χ1n) is 15.8. The SMILES string of the molecule is Cc1ccc(-n2nc(C(C)(C)C)cc2NC(=O)Nc2ccc(C(C(=O)c3cccc(OC(F)(F)C(F)F)c3)C3CCNCC3)cc2)cc1. The number of nitrogens with one attached hydrogen (secondary N) is 3. The van der Waals surface area contributed by atoms with Crippen molar-refractivity contribution in [1.82, 2.24) is 15.1 Å². The Morgan fingerprint density at radius 2 is 1.60 bits per heavy atom. The van der Waals surface area contributed by atoms with Crippen molar-refractivity contribution in [3.05, 3.63) is 101 Å². The zero-order valence-corrected chi connectivity index (χ0v) is 27.2. The van der Waals surface area contributed by atoms with Gasteiger partial charge in [-0.25, -0.2) is 9.48 Å². The summed E-state index contributed by atoms with van der Waals surface area (Å²) in [6.07, 6.45) is -7.32. The second-order valence-electron chi connectivity index (χ2n) is 13.0. The number of ketones is 1. The van der Waals surface area contributed by atoms with E-state index in [0.717, 1.165) is 29.1 Å². The van der Waals surface area contributed by atoms with Gasteiger partial charge < -0.3 is 15.4 Å². The Bertz CT molecular complexity index is 1730. The molecular formula is C36H39F4N5O3. The number of Topliss-reactive ketones (excluding diaryl/α,β-unsaturated/α-hetero) is 1. The fourth-order valence-corrected chi connectivity index (χ4v) is 5.68. The normalized spacial score (nSPS) is 14.9. The lowest BCUT2D eigenvalue weighted by molar-refractivity contribution is -0.253. The number of amides is 2. The van der Waals surface area contributed by atoms with Gasteiger partial charge in [0.2, 0.25) is 0 Å². The van der Waals surface area contributed by atoms with E-state index >= 15 is 0 Å². The number of ether oxygens (including phenoxy) is 1. The van der Waals surface area contributed by atoms with E-state index in [1.807, 2.05) is 58.0 Å². The van der Waals surface area contributed by atoms with Crippen LogP contribution in [0.3, 0.4) is 0 Å². The number of aryl methyl sites for hydroxylation is 1. The van der Waals surface area contributed by atoms with E-state index in [1.165, 1.54) is 12.1 Å². The molecule has 0 saturated carbocycles. The number of urea groups is 1. The van der Waals surface area contributed by atoms with Gasteiger partial charge in [0, 0.05) is 22.7 Å². The van der Waals surface area contributed by atoms with E-state index in [0.29, 0.717) is 43.0 Å². The number of aromatic nitrogens is 2. The predicted octanol–water partition coefficient (Wildman–Crippen LogP) is 8.33. The molecule has 48 heavy (non-hydrogen) atoms. The monoisotopic (exact) mass is 665 g/mol. The Morgan fingerprint density at radius 1 is 0.938 bits per heavy atom. The van der Waals surface area contributed by atoms with Gasteiger partial charge in [-0.3, -0.25) is 10.1 Å². The van der Waals surface area contributed by atoms with E-state index in [9.17, 15) is 27.2 Å². The predicted molar refractivity (Wildman–Crippen MR) is 177 cm³/mol. The van der Waals surface area contributed by atoms with Crippen molar-refractivity contribution in [3.63, 3.8) is 0 Å². The summed E-state index contributed by atoms with van der Waals surface area (Å²) in [6.45, 7) is 9.52. The summed E-state index contributed by atoms with van der Waals surface area (Å²) in [6, 6.07) is 21.0. The molecule has 1 unspecified atom stereocenters. The van der Waals surface area contributed by atoms with Crippen LogP contribution in [0.25, 0.3) is 5.69 Å². The van der Waals surface area contributed by atoms with Crippen LogP contribution in [0.4, 0.5) is 33.9 Å². The molecule has 2 heterocycles. The smallest absolute Gasteiger partial charge is 0.428 e. The first-order valence-corrected chi connectivity index (χ1v) is 15.8. The lowest BCUT2D eigenvalue weighted by Crippen LogP contribution is -2.34. The average molecular weight is 666 g/mol. The molecule has 4 aromatic rings. The second-order valence-corrected chi connectivity index (χ2v) is 13.0. The summed E-state index contributed by atoms with van der Waals surface area (Å²) in [5, 5.41) is 13.8. The van der Waals surface area contributed by atoms with Crippen LogP contribution < -0.4 is 20.7 Å². The fraction of sp³-hybridized carbons (Fsp3) is 0.361. The van der Waals surface area contributed by atoms with Crippen molar-refractivity contribution < 1.29 is 31.9 Å². The molecule has 1 atom stereocenters. The summed E-state index contributed by atoms with van der Waals surface area (Å²) in [4.78, 5) is 27.1. The van der Waals surface area contributed by atoms with Crippen LogP contribution in [0.1, 0.15) is 66.7 Å². The molecule has 0 radical (unpaired) electrons. The summed E-state index contributed by atoms with van der Waals surface area (Å²) in [7, 11) is 0. The number of carbonyl (C=O) groups excluding carboxylic acids is 2. The van der Waals surface area contributed by atoms with Gasteiger partial charge in [-0.1, -0.05) is 62.7 Å². The van der Waals surface area contributed by atoms with Gasteiger partial charge in [0.1, 0.15) is 11.6 Å². The maximum Gasteiger partial charge on any atom is 0.461 e. The number of halogens is 4. The van der Waals surface area contributed by atoms with Crippen LogP contribution in [0.5, 0.6) is 5.75 Å². The third-order valence-corrected chi connectivity index (χ3v) is 8.29. The van der Waals surface area contributed by atoms with Crippen molar-refractivity contribution in [2.75, 3.05) is 23.7 Å². The molecular weight excluding hydrogens is 626 g/mol. The first kappa shape index (κ1) is 34.6. The van der Waals surface area contributed by atoms with E-state index in [1.54, 1.807) is 28.9 Å². The zero-order chi connectivity index (χ0) is 34.6. The lowest BCUT2D eigenvalue weighted by atomic mass is 9.76. The number of anilines is 2. The number of nitrogens with zero attached hydrogens (tertiary/aromatic N) is 2. The minimum absolute atomic E-state index is 0.0630. The number of hydrogen-bond donors (Lipinski definition) is 3. The largest absolute Gasteiger partial charge is 0.461 e. The van der Waals surface area contributed by atoms with Gasteiger partial charge in [0.15, 0.2) is 5.78 Å². The van der Waals surface area contributed by atoms with E-state index < -0.39 is 30.2 Å². The Labute approximate surface area is 276 Å². The molecule has 12 heteroatoms. The van der Waals surface area contributed by atoms with Crippen molar-refractivity contribution in [2.24, 2.45) is 5.92 Å². The molecule has 0 spiro atoms. The second kappa shape index (κ2) is 14.2. The molecule has 2 amide bonds. The average Bonchev–Trinajstić information content (AvgIpc) is 3.47. The van der Waals surface area contributed by atoms with Crippen LogP contribution in [-0.2, 0) is 5.41 Å². The highest BCUT2D eigenvalue weighted by atomic mass is 19.3. The van der Waals surface area contributed by atoms with Crippen molar-refractivity contribution in [3.8, 4) is 11.4 Å². The number of piperidine rings is 1. The Balaban J connectivity index is 1.35. The standard InChI is InChI=1S/C36H39F4N5O3/c1-22-8-14-27(15-9-22)45-30(21-29(44-45)35(2,3)4)43-34(47)42-26-12-10-23(11-13-26)31(24-16-18-41-19-17-24)32(46)25-6-5-7-28(20-25)48-36(39,40)33(37)38/h5-15,20-21,24,31,33,41H,16-19H2,1-4H3,(H2,42,43,47). The number of carbonyl (C=O) groups is 2. The molecule has 1 aromatic heterocycles. The molecule has 1 fully saturated rings. The Morgan fingerprint density at radius 3 is 2.23 bits per heavy atom. The summed E-state index contributed by atoms with van der Waals surface area (Å²) < 4.78 is 58.6. The van der Waals surface area contributed by atoms with Crippen molar-refractivity contribution in [1.29, 1.82) is 0 Å². The van der Waals surface area contributed by atoms with Gasteiger partial charge in [-0.05, 0) is 80.7 Å². The van der Waals surface area contributed by atoms with Crippen molar-refractivity contribution in [2.45, 2.75) is 64.4 Å². The highest BCUT2D eigenvalue weighted by Gasteiger charge is 2.44. The number of alkyl halides is 4. The van der Waals surface area contributed by atoms with Crippen LogP contribution in [0.15, 0.2) is 78.9 Å². The van der Waals surface area contributed by atoms with Gasteiger partial charge in [-0.2, -0.15) is 22.7 Å². The summed E-state index contributed by atoms with van der Waals surface area (Å²) in [5.41, 5.74) is 3.66. The van der Waals surface area contributed by atoms with E-state index in [2.05, 4.69) is 20.7 Å². The topological polar surface area (TPSA) is 97.3 Å². The van der Waals surface area contributed by atoms with Crippen LogP contribution in [0.2, 0.25) is 0 Å². The third-order valence-electron chi connectivity index (χ3n) is 8.29. The Kier molecular flexibility index (Phi) is 10.2. The first-order chi connectivity index (χ1) is 22.7. The van der Waals surface area contributed by atoms with E-state index in [4.69, 9.17) is 5.10 Å². The molecule has 8 nitrogen and oxygen atoms in total. The minimum atomic E-state index is -4.69. The van der Waals surface area contributed by atoms with Gasteiger partial charge in [0.05, 0.1) is 17.3 Å². The fourth-order valence-electron chi connectivity index (χ4n) is 5.68. The third kappa shape index (κ3) is 8.22. The number of rotatable bonds is 10. The molecule has 1 saturated heterocycles. The molecule has 0 aliphatic carbocycles. The Hall–Kier alpha value is -4.71. The van der Waals surface area contributed by atoms with Crippen LogP contribution in [0, 0.1) is 12.8 Å². The molecule has 0 bridgehead atoms. The molecule has 5 rings (SSSR count). The summed E-state index contributed by atoms with van der Waals surface area (Å²) in [5.74, 6) is -1.08. The maximum atomic E-state index is 13.9. The van der Waals surface area contributed by atoms with Crippen LogP contribution >= 0.6 is 0 Å². The number of benzene rings is 3. The van der Waals surface area contributed by atoms with Gasteiger partial charge >= 0.3 is 18.6 Å². The van der Waals surface area contributed by atoms with Crippen molar-refractivity contribution >= 4 is 23.3 Å². The molecule has 3 N–H and O–H groups in total. The van der Waals surface area contributed by atoms with E-state index in [-0.39, 0.29) is 22.7 Å². The quantitative estimate of drug-likeness (QED) is 0.117. The number of hydrogen-bond acceptors (Lipinski definition) is 5.